The lowest BCUT2D eigenvalue weighted by Gasteiger charge is -2.22. The van der Waals surface area contributed by atoms with Crippen molar-refractivity contribution < 1.29 is 14.2 Å². The van der Waals surface area contributed by atoms with E-state index in [1.807, 2.05) is 44.2 Å². The Labute approximate surface area is 188 Å². The van der Waals surface area contributed by atoms with Crippen molar-refractivity contribution in [1.82, 2.24) is 4.98 Å². The van der Waals surface area contributed by atoms with Crippen molar-refractivity contribution in [2.75, 3.05) is 19.8 Å². The Balaban J connectivity index is 0.00000132. The minimum atomic E-state index is -0.0339. The van der Waals surface area contributed by atoms with E-state index in [4.69, 9.17) is 25.8 Å². The maximum Gasteiger partial charge on any atom is 0.192 e. The van der Waals surface area contributed by atoms with Gasteiger partial charge >= 0.3 is 0 Å². The van der Waals surface area contributed by atoms with Crippen LogP contribution in [0.2, 0.25) is 5.02 Å². The van der Waals surface area contributed by atoms with E-state index in [1.165, 1.54) is 0 Å². The lowest BCUT2D eigenvalue weighted by molar-refractivity contribution is 0.0497. The highest BCUT2D eigenvalue weighted by Crippen LogP contribution is 2.23. The molecule has 0 bridgehead atoms. The summed E-state index contributed by atoms with van der Waals surface area (Å²) in [7, 11) is 0. The zero-order valence-electron chi connectivity index (χ0n) is 18.4. The van der Waals surface area contributed by atoms with Gasteiger partial charge in [0.2, 0.25) is 0 Å². The SMILES string of the molecule is CC.Cc1c(COc2cccc(OCC3CCOCC3)c2)[nH]c2ccc(Cl)cc2c1=O. The maximum atomic E-state index is 12.6. The molecule has 0 unspecified atom stereocenters. The van der Waals surface area contributed by atoms with Crippen LogP contribution in [-0.2, 0) is 11.3 Å². The molecule has 1 saturated heterocycles. The molecule has 1 N–H and O–H groups in total. The Kier molecular flexibility index (Phi) is 8.38. The number of H-pyrrole nitrogens is 1. The Morgan fingerprint density at radius 3 is 2.52 bits per heavy atom. The van der Waals surface area contributed by atoms with E-state index >= 15 is 0 Å². The van der Waals surface area contributed by atoms with Gasteiger partial charge < -0.3 is 19.2 Å². The van der Waals surface area contributed by atoms with Crippen molar-refractivity contribution in [2.45, 2.75) is 40.2 Å². The molecule has 2 heterocycles. The number of aromatic nitrogens is 1. The Morgan fingerprint density at radius 1 is 1.06 bits per heavy atom. The highest BCUT2D eigenvalue weighted by Gasteiger charge is 2.14. The van der Waals surface area contributed by atoms with Gasteiger partial charge in [-0.15, -0.1) is 0 Å². The third-order valence-electron chi connectivity index (χ3n) is 5.32. The van der Waals surface area contributed by atoms with E-state index in [-0.39, 0.29) is 12.0 Å². The molecule has 0 saturated carbocycles. The molecule has 0 amide bonds. The van der Waals surface area contributed by atoms with Gasteiger partial charge in [0.15, 0.2) is 5.43 Å². The van der Waals surface area contributed by atoms with E-state index in [1.54, 1.807) is 19.1 Å². The van der Waals surface area contributed by atoms with E-state index in [2.05, 4.69) is 4.98 Å². The van der Waals surface area contributed by atoms with Gasteiger partial charge in [-0.25, -0.2) is 0 Å². The van der Waals surface area contributed by atoms with E-state index in [0.717, 1.165) is 43.0 Å². The molecular weight excluding hydrogens is 414 g/mol. The third kappa shape index (κ3) is 6.02. The molecule has 4 rings (SSSR count). The molecule has 0 atom stereocenters. The molecule has 0 aliphatic carbocycles. The third-order valence-corrected chi connectivity index (χ3v) is 5.56. The number of rotatable bonds is 6. The first-order valence-corrected chi connectivity index (χ1v) is 11.2. The van der Waals surface area contributed by atoms with Crippen LogP contribution in [0.1, 0.15) is 37.9 Å². The van der Waals surface area contributed by atoms with Crippen LogP contribution in [0.5, 0.6) is 11.5 Å². The fraction of sp³-hybridized carbons (Fsp3) is 0.400. The molecule has 5 nitrogen and oxygen atoms in total. The van der Waals surface area contributed by atoms with Gasteiger partial charge in [-0.05, 0) is 56.0 Å². The zero-order chi connectivity index (χ0) is 22.2. The number of benzene rings is 2. The van der Waals surface area contributed by atoms with Crippen LogP contribution in [0.15, 0.2) is 47.3 Å². The average molecular weight is 444 g/mol. The lowest BCUT2D eigenvalue weighted by atomic mass is 10.0. The Morgan fingerprint density at radius 2 is 1.77 bits per heavy atom. The molecule has 1 fully saturated rings. The van der Waals surface area contributed by atoms with Crippen LogP contribution in [0, 0.1) is 12.8 Å². The molecule has 6 heteroatoms. The Hall–Kier alpha value is -2.50. The van der Waals surface area contributed by atoms with Gasteiger partial charge in [-0.1, -0.05) is 31.5 Å². The number of aromatic amines is 1. The minimum absolute atomic E-state index is 0.0339. The highest BCUT2D eigenvalue weighted by atomic mass is 35.5. The quantitative estimate of drug-likeness (QED) is 0.515. The van der Waals surface area contributed by atoms with Crippen molar-refractivity contribution in [2.24, 2.45) is 5.92 Å². The molecule has 31 heavy (non-hydrogen) atoms. The first-order chi connectivity index (χ1) is 15.1. The lowest BCUT2D eigenvalue weighted by Crippen LogP contribution is -2.21. The summed E-state index contributed by atoms with van der Waals surface area (Å²) in [6.07, 6.45) is 2.08. The smallest absolute Gasteiger partial charge is 0.192 e. The van der Waals surface area contributed by atoms with Gasteiger partial charge in [0.25, 0.3) is 0 Å². The fourth-order valence-corrected chi connectivity index (χ4v) is 3.66. The largest absolute Gasteiger partial charge is 0.493 e. The molecule has 166 valence electrons. The van der Waals surface area contributed by atoms with E-state index < -0.39 is 0 Å². The van der Waals surface area contributed by atoms with Crippen LogP contribution >= 0.6 is 11.6 Å². The first kappa shape index (κ1) is 23.2. The number of hydrogen-bond donors (Lipinski definition) is 1. The summed E-state index contributed by atoms with van der Waals surface area (Å²) in [4.78, 5) is 15.9. The van der Waals surface area contributed by atoms with Gasteiger partial charge in [0.05, 0.1) is 12.3 Å². The normalized spacial score (nSPS) is 14.1. The van der Waals surface area contributed by atoms with Crippen molar-refractivity contribution in [3.63, 3.8) is 0 Å². The molecule has 1 aliphatic heterocycles. The number of hydrogen-bond acceptors (Lipinski definition) is 4. The number of halogens is 1. The van der Waals surface area contributed by atoms with Gasteiger partial charge in [0.1, 0.15) is 18.1 Å². The summed E-state index contributed by atoms with van der Waals surface area (Å²) in [5, 5.41) is 1.13. The standard InChI is InChI=1S/C23H24ClNO4.C2H6/c1-15-22(25-21-6-5-17(24)11-20(21)23(15)26)14-29-19-4-2-3-18(12-19)28-13-16-7-9-27-10-8-16;1-2/h2-6,11-12,16H,7-10,13-14H2,1H3,(H,25,26);1-2H3. The van der Waals surface area contributed by atoms with E-state index in [9.17, 15) is 4.79 Å². The summed E-state index contributed by atoms with van der Waals surface area (Å²) >= 11 is 6.02. The number of pyridine rings is 1. The molecule has 3 aromatic rings. The van der Waals surface area contributed by atoms with Crippen molar-refractivity contribution in [3.8, 4) is 11.5 Å². The zero-order valence-corrected chi connectivity index (χ0v) is 19.1. The molecular formula is C25H30ClNO4. The molecule has 1 aliphatic rings. The second-order valence-electron chi connectivity index (χ2n) is 7.38. The fourth-order valence-electron chi connectivity index (χ4n) is 3.49. The van der Waals surface area contributed by atoms with Gasteiger partial charge in [-0.3, -0.25) is 4.79 Å². The van der Waals surface area contributed by atoms with E-state index in [0.29, 0.717) is 34.2 Å². The molecule has 0 radical (unpaired) electrons. The van der Waals surface area contributed by atoms with Crippen LogP contribution in [0.4, 0.5) is 0 Å². The monoisotopic (exact) mass is 443 g/mol. The predicted molar refractivity (Wildman–Crippen MR) is 125 cm³/mol. The highest BCUT2D eigenvalue weighted by molar-refractivity contribution is 6.31. The van der Waals surface area contributed by atoms with Crippen LogP contribution < -0.4 is 14.9 Å². The molecule has 0 spiro atoms. The summed E-state index contributed by atoms with van der Waals surface area (Å²) < 4.78 is 17.3. The van der Waals surface area contributed by atoms with Crippen molar-refractivity contribution in [3.05, 3.63) is 69.0 Å². The van der Waals surface area contributed by atoms with Crippen LogP contribution in [0.25, 0.3) is 10.9 Å². The van der Waals surface area contributed by atoms with Crippen molar-refractivity contribution in [1.29, 1.82) is 0 Å². The number of nitrogens with one attached hydrogen (secondary N) is 1. The first-order valence-electron chi connectivity index (χ1n) is 10.8. The van der Waals surface area contributed by atoms with Crippen LogP contribution in [0.3, 0.4) is 0 Å². The second-order valence-corrected chi connectivity index (χ2v) is 7.81. The summed E-state index contributed by atoms with van der Waals surface area (Å²) in [5.74, 6) is 2.02. The molecule has 1 aromatic heterocycles. The van der Waals surface area contributed by atoms with Gasteiger partial charge in [0, 0.05) is 40.8 Å². The van der Waals surface area contributed by atoms with Crippen LogP contribution in [-0.4, -0.2) is 24.8 Å². The summed E-state index contributed by atoms with van der Waals surface area (Å²) in [6, 6.07) is 12.9. The second kappa shape index (κ2) is 11.2. The Bertz CT molecular complexity index is 1060. The minimum Gasteiger partial charge on any atom is -0.493 e. The number of ether oxygens (including phenoxy) is 3. The summed E-state index contributed by atoms with van der Waals surface area (Å²) in [6.45, 7) is 8.38. The maximum absolute atomic E-state index is 12.6. The predicted octanol–water partition coefficient (Wildman–Crippen LogP) is 5.90. The van der Waals surface area contributed by atoms with Gasteiger partial charge in [-0.2, -0.15) is 0 Å². The summed E-state index contributed by atoms with van der Waals surface area (Å²) in [5.41, 5.74) is 2.09. The van der Waals surface area contributed by atoms with Crippen molar-refractivity contribution >= 4 is 22.5 Å². The average Bonchev–Trinajstić information content (AvgIpc) is 2.82. The number of fused-ring (bicyclic) bond motifs is 1. The topological polar surface area (TPSA) is 60.6 Å². The molecule has 2 aromatic carbocycles.